The molecule has 3 rings (SSSR count). The molecule has 92 valence electrons. The van der Waals surface area contributed by atoms with Crippen LogP contribution in [0.5, 0.6) is 0 Å². The average molecular weight is 311 g/mol. The molecule has 0 bridgehead atoms. The molecule has 2 atom stereocenters. The summed E-state index contributed by atoms with van der Waals surface area (Å²) in [5, 5.41) is 2.12. The number of amides is 3. The Morgan fingerprint density at radius 3 is 2.56 bits per heavy atom. The number of nitrogens with zero attached hydrogens (tertiary/aromatic N) is 1. The van der Waals surface area contributed by atoms with Crippen molar-refractivity contribution in [1.82, 2.24) is 9.23 Å². The van der Waals surface area contributed by atoms with Gasteiger partial charge in [0.05, 0.1) is 0 Å². The predicted octanol–water partition coefficient (Wildman–Crippen LogP) is -1.32. The zero-order valence-electron chi connectivity index (χ0n) is 9.08. The van der Waals surface area contributed by atoms with Gasteiger partial charge in [0.2, 0.25) is 0 Å². The molecule has 7 heteroatoms. The Morgan fingerprint density at radius 2 is 1.94 bits per heavy atom. The monoisotopic (exact) mass is 312 g/mol. The molecule has 0 radical (unpaired) electrons. The van der Waals surface area contributed by atoms with Gasteiger partial charge in [-0.25, -0.2) is 0 Å². The first-order valence-electron chi connectivity index (χ1n) is 5.28. The molecule has 2 aliphatic rings. The van der Waals surface area contributed by atoms with E-state index in [0.29, 0.717) is 10.0 Å². The van der Waals surface area contributed by atoms with Crippen molar-refractivity contribution >= 4 is 36.2 Å². The first kappa shape index (κ1) is 11.3. The van der Waals surface area contributed by atoms with E-state index in [0.717, 1.165) is 3.92 Å². The predicted molar refractivity (Wildman–Crippen MR) is 60.2 cm³/mol. The van der Waals surface area contributed by atoms with Gasteiger partial charge in [-0.2, -0.15) is 0 Å². The van der Waals surface area contributed by atoms with E-state index in [9.17, 15) is 18.2 Å². The molecule has 1 N–H and O–H groups in total. The zero-order chi connectivity index (χ0) is 12.9. The Hall–Kier alpha value is -1.85. The Bertz CT molecular complexity index is 578. The quantitative estimate of drug-likeness (QED) is 0.515. The van der Waals surface area contributed by atoms with E-state index in [4.69, 9.17) is 0 Å². The fourth-order valence-corrected chi connectivity index (χ4v) is 5.02. The van der Waals surface area contributed by atoms with Crippen molar-refractivity contribution in [3.05, 3.63) is 29.8 Å². The number of nitrogens with one attached hydrogen (secondary N) is 1. The number of imide groups is 1. The molecular formula is C11H8N2O4Se. The molecule has 2 heterocycles. The van der Waals surface area contributed by atoms with Crippen molar-refractivity contribution in [1.29, 1.82) is 0 Å². The summed E-state index contributed by atoms with van der Waals surface area (Å²) >= 11 is -2.77. The Morgan fingerprint density at radius 1 is 1.22 bits per heavy atom. The van der Waals surface area contributed by atoms with Crippen LogP contribution < -0.4 is 9.78 Å². The molecule has 0 aliphatic carbocycles. The second kappa shape index (κ2) is 3.83. The molecule has 0 spiro atoms. The van der Waals surface area contributed by atoms with Crippen LogP contribution in [-0.4, -0.2) is 41.7 Å². The second-order valence-electron chi connectivity index (χ2n) is 4.01. The minimum absolute atomic E-state index is 0.110. The molecule has 0 aromatic heterocycles. The maximum atomic E-state index is 12.3. The number of carbonyl (C=O) groups excluding carboxylic acids is 3. The number of hydrogen-bond donors (Lipinski definition) is 1. The number of benzene rings is 1. The van der Waals surface area contributed by atoms with Crippen molar-refractivity contribution in [3.8, 4) is 0 Å². The van der Waals surface area contributed by atoms with E-state index in [-0.39, 0.29) is 6.42 Å². The SMILES string of the molecule is O=C1CC(N2C(=O)c3ccccc3[Se]2=O)C(=O)N1. The van der Waals surface area contributed by atoms with E-state index in [1.807, 2.05) is 0 Å². The summed E-state index contributed by atoms with van der Waals surface area (Å²) in [6.45, 7) is 0. The summed E-state index contributed by atoms with van der Waals surface area (Å²) in [7, 11) is 0. The summed E-state index contributed by atoms with van der Waals surface area (Å²) in [6.07, 6.45) is -0.110. The van der Waals surface area contributed by atoms with Gasteiger partial charge < -0.3 is 0 Å². The number of carbonyl (C=O) groups is 3. The van der Waals surface area contributed by atoms with Gasteiger partial charge in [0.1, 0.15) is 0 Å². The van der Waals surface area contributed by atoms with Gasteiger partial charge in [-0.3, -0.25) is 0 Å². The molecule has 6 nitrogen and oxygen atoms in total. The minimum atomic E-state index is -2.77. The first-order chi connectivity index (χ1) is 8.59. The maximum absolute atomic E-state index is 12.3. The van der Waals surface area contributed by atoms with E-state index in [1.54, 1.807) is 24.3 Å². The van der Waals surface area contributed by atoms with E-state index in [1.165, 1.54) is 0 Å². The summed E-state index contributed by atoms with van der Waals surface area (Å²) in [5.41, 5.74) is 0.365. The van der Waals surface area contributed by atoms with Crippen LogP contribution in [0.2, 0.25) is 0 Å². The van der Waals surface area contributed by atoms with Gasteiger partial charge in [-0.1, -0.05) is 0 Å². The Labute approximate surface area is 106 Å². The topological polar surface area (TPSA) is 83.6 Å². The standard InChI is InChI=1S/C11H8N2O4Se/c14-9-5-7(10(15)12-9)13-11(16)6-3-1-2-4-8(6)18(13)17/h1-4,7H,5H2,(H,12,14,15). The molecule has 1 fully saturated rings. The fraction of sp³-hybridized carbons (Fsp3) is 0.182. The van der Waals surface area contributed by atoms with Crippen LogP contribution in [0.3, 0.4) is 0 Å². The van der Waals surface area contributed by atoms with Crippen molar-refractivity contribution < 1.29 is 18.2 Å². The van der Waals surface area contributed by atoms with Crippen LogP contribution in [0.1, 0.15) is 16.8 Å². The van der Waals surface area contributed by atoms with Gasteiger partial charge in [0.25, 0.3) is 0 Å². The summed E-state index contributed by atoms with van der Waals surface area (Å²) in [4.78, 5) is 34.8. The van der Waals surface area contributed by atoms with Crippen LogP contribution in [0.15, 0.2) is 24.3 Å². The van der Waals surface area contributed by atoms with Crippen LogP contribution in [0.4, 0.5) is 0 Å². The van der Waals surface area contributed by atoms with Crippen LogP contribution in [0, 0.1) is 0 Å². The fourth-order valence-electron chi connectivity index (χ4n) is 2.08. The van der Waals surface area contributed by atoms with Crippen LogP contribution >= 0.6 is 0 Å². The zero-order valence-corrected chi connectivity index (χ0v) is 10.8. The van der Waals surface area contributed by atoms with Gasteiger partial charge in [0, 0.05) is 0 Å². The molecule has 1 aromatic rings. The third-order valence-electron chi connectivity index (χ3n) is 2.91. The first-order valence-corrected chi connectivity index (χ1v) is 7.60. The third-order valence-corrected chi connectivity index (χ3v) is 6.08. The third kappa shape index (κ3) is 1.44. The normalized spacial score (nSPS) is 26.4. The van der Waals surface area contributed by atoms with Gasteiger partial charge in [-0.05, 0) is 0 Å². The van der Waals surface area contributed by atoms with E-state index in [2.05, 4.69) is 5.32 Å². The summed E-state index contributed by atoms with van der Waals surface area (Å²) in [5.74, 6) is -1.42. The summed E-state index contributed by atoms with van der Waals surface area (Å²) < 4.78 is 13.8. The molecule has 2 aliphatic heterocycles. The molecule has 1 aromatic carbocycles. The van der Waals surface area contributed by atoms with Gasteiger partial charge >= 0.3 is 106 Å². The van der Waals surface area contributed by atoms with Crippen LogP contribution in [-0.2, 0) is 13.4 Å². The summed E-state index contributed by atoms with van der Waals surface area (Å²) in [6, 6.07) is 5.66. The molecule has 3 amide bonds. The second-order valence-corrected chi connectivity index (χ2v) is 6.80. The van der Waals surface area contributed by atoms with E-state index < -0.39 is 37.8 Å². The number of rotatable bonds is 1. The van der Waals surface area contributed by atoms with Gasteiger partial charge in [-0.15, -0.1) is 0 Å². The van der Waals surface area contributed by atoms with Crippen molar-refractivity contribution in [2.45, 2.75) is 12.5 Å². The Kier molecular flexibility index (Phi) is 2.39. The van der Waals surface area contributed by atoms with Crippen LogP contribution in [0.25, 0.3) is 0 Å². The van der Waals surface area contributed by atoms with E-state index >= 15 is 0 Å². The van der Waals surface area contributed by atoms with Gasteiger partial charge in [0.15, 0.2) is 0 Å². The molecule has 18 heavy (non-hydrogen) atoms. The molecule has 2 unspecified atom stereocenters. The Balaban J connectivity index is 2.02. The number of hydrogen-bond acceptors (Lipinski definition) is 4. The molecular weight excluding hydrogens is 303 g/mol. The number of fused-ring (bicyclic) bond motifs is 1. The van der Waals surface area contributed by atoms with Crippen molar-refractivity contribution in [2.24, 2.45) is 0 Å². The van der Waals surface area contributed by atoms with Crippen molar-refractivity contribution in [3.63, 3.8) is 0 Å². The van der Waals surface area contributed by atoms with Crippen molar-refractivity contribution in [2.75, 3.05) is 0 Å². The average Bonchev–Trinajstić information content (AvgIpc) is 2.79. The molecule has 1 saturated heterocycles. The molecule has 0 saturated carbocycles.